The Morgan fingerprint density at radius 3 is 2.37 bits per heavy atom. The highest BCUT2D eigenvalue weighted by atomic mass is 32.2. The summed E-state index contributed by atoms with van der Waals surface area (Å²) in [5, 5.41) is -0.0785. The lowest BCUT2D eigenvalue weighted by Gasteiger charge is -2.25. The van der Waals surface area contributed by atoms with Crippen molar-refractivity contribution in [3.05, 3.63) is 84.4 Å². The van der Waals surface area contributed by atoms with Crippen LogP contribution in [0.2, 0.25) is 0 Å². The fraction of sp³-hybridized carbons (Fsp3) is 0.136. The highest BCUT2D eigenvalue weighted by Crippen LogP contribution is 2.43. The van der Waals surface area contributed by atoms with Crippen LogP contribution in [0.4, 0.5) is 5.69 Å². The third-order valence-corrected chi connectivity index (χ3v) is 5.55. The molecule has 27 heavy (non-hydrogen) atoms. The van der Waals surface area contributed by atoms with E-state index in [0.29, 0.717) is 5.75 Å². The summed E-state index contributed by atoms with van der Waals surface area (Å²) in [6.45, 7) is 0. The molecule has 1 aliphatic rings. The van der Waals surface area contributed by atoms with Crippen LogP contribution in [0.5, 0.6) is 17.2 Å². The Morgan fingerprint density at radius 2 is 1.63 bits per heavy atom. The van der Waals surface area contributed by atoms with Gasteiger partial charge in [-0.2, -0.15) is 0 Å². The Morgan fingerprint density at radius 1 is 0.889 bits per heavy atom. The van der Waals surface area contributed by atoms with E-state index in [4.69, 9.17) is 9.47 Å². The molecule has 0 aromatic heterocycles. The number of nitrogens with zero attached hydrogens (tertiary/aromatic N) is 1. The summed E-state index contributed by atoms with van der Waals surface area (Å²) in [6.07, 6.45) is 0. The molecule has 0 saturated carbocycles. The minimum Gasteiger partial charge on any atom is -0.497 e. The average Bonchev–Trinajstić information content (AvgIpc) is 3.10. The highest BCUT2D eigenvalue weighted by Gasteiger charge is 2.34. The number of hydrogen-bond donors (Lipinski definition) is 0. The Bertz CT molecular complexity index is 928. The number of ether oxygens (including phenoxy) is 2. The van der Waals surface area contributed by atoms with Crippen LogP contribution >= 0.6 is 11.8 Å². The Labute approximate surface area is 162 Å². The van der Waals surface area contributed by atoms with Crippen LogP contribution in [0, 0.1) is 0 Å². The van der Waals surface area contributed by atoms with E-state index in [2.05, 4.69) is 0 Å². The van der Waals surface area contributed by atoms with Crippen molar-refractivity contribution in [3.63, 3.8) is 0 Å². The maximum absolute atomic E-state index is 12.5. The lowest BCUT2D eigenvalue weighted by molar-refractivity contribution is -0.115. The van der Waals surface area contributed by atoms with Crippen LogP contribution in [0.3, 0.4) is 0 Å². The smallest absolute Gasteiger partial charge is 0.238 e. The summed E-state index contributed by atoms with van der Waals surface area (Å²) < 4.78 is 11.2. The van der Waals surface area contributed by atoms with Gasteiger partial charge in [-0.15, -0.1) is 11.8 Å². The fourth-order valence-electron chi connectivity index (χ4n) is 3.05. The van der Waals surface area contributed by atoms with Gasteiger partial charge in [0, 0.05) is 5.69 Å². The number of benzene rings is 3. The summed E-state index contributed by atoms with van der Waals surface area (Å²) in [5.41, 5.74) is 1.90. The van der Waals surface area contributed by atoms with Crippen molar-refractivity contribution in [1.29, 1.82) is 0 Å². The fourth-order valence-corrected chi connectivity index (χ4v) is 4.22. The molecular formula is C22H19NO3S. The number of rotatable bonds is 5. The van der Waals surface area contributed by atoms with Gasteiger partial charge in [0.25, 0.3) is 0 Å². The standard InChI is InChI=1S/C22H19NO3S/c1-25-18-12-10-17(11-13-18)23-21(24)15-27-22(23)16-6-5-9-20(14-16)26-19-7-3-2-4-8-19/h2-14,22H,15H2,1H3/t22-/m1/s1. The van der Waals surface area contributed by atoms with Crippen LogP contribution in [-0.2, 0) is 4.79 Å². The predicted molar refractivity (Wildman–Crippen MR) is 109 cm³/mol. The third-order valence-electron chi connectivity index (χ3n) is 4.34. The van der Waals surface area contributed by atoms with Crippen LogP contribution in [0.1, 0.15) is 10.9 Å². The van der Waals surface area contributed by atoms with E-state index in [9.17, 15) is 4.79 Å². The summed E-state index contributed by atoms with van der Waals surface area (Å²) in [5.74, 6) is 2.88. The second-order valence-corrected chi connectivity index (χ2v) is 7.18. The van der Waals surface area contributed by atoms with Gasteiger partial charge in [-0.1, -0.05) is 30.3 Å². The molecule has 1 heterocycles. The molecule has 3 aromatic rings. The summed E-state index contributed by atoms with van der Waals surface area (Å²) in [6, 6.07) is 25.2. The van der Waals surface area contributed by atoms with Gasteiger partial charge in [-0.05, 0) is 54.1 Å². The van der Waals surface area contributed by atoms with Gasteiger partial charge in [0.1, 0.15) is 22.6 Å². The summed E-state index contributed by atoms with van der Waals surface area (Å²) in [7, 11) is 1.63. The van der Waals surface area contributed by atoms with E-state index < -0.39 is 0 Å². The zero-order valence-corrected chi connectivity index (χ0v) is 15.7. The molecule has 0 bridgehead atoms. The number of anilines is 1. The number of thioether (sulfide) groups is 1. The van der Waals surface area contributed by atoms with Gasteiger partial charge in [-0.25, -0.2) is 0 Å². The van der Waals surface area contributed by atoms with Gasteiger partial charge in [0.15, 0.2) is 0 Å². The molecule has 4 nitrogen and oxygen atoms in total. The Kier molecular flexibility index (Phi) is 5.03. The van der Waals surface area contributed by atoms with Crippen molar-refractivity contribution in [1.82, 2.24) is 0 Å². The van der Waals surface area contributed by atoms with Crippen molar-refractivity contribution in [2.75, 3.05) is 17.8 Å². The highest BCUT2D eigenvalue weighted by molar-refractivity contribution is 8.00. The molecule has 5 heteroatoms. The Hall–Kier alpha value is -2.92. The maximum Gasteiger partial charge on any atom is 0.238 e. The molecule has 0 N–H and O–H groups in total. The number of para-hydroxylation sites is 1. The lowest BCUT2D eigenvalue weighted by atomic mass is 10.1. The average molecular weight is 377 g/mol. The number of carbonyl (C=O) groups excluding carboxylic acids is 1. The van der Waals surface area contributed by atoms with Crippen LogP contribution in [-0.4, -0.2) is 18.8 Å². The summed E-state index contributed by atoms with van der Waals surface area (Å²) in [4.78, 5) is 14.4. The maximum atomic E-state index is 12.5. The van der Waals surface area contributed by atoms with Crippen molar-refractivity contribution in [2.45, 2.75) is 5.37 Å². The van der Waals surface area contributed by atoms with Gasteiger partial charge in [-0.3, -0.25) is 9.69 Å². The number of methoxy groups -OCH3 is 1. The third kappa shape index (κ3) is 3.78. The van der Waals surface area contributed by atoms with Crippen LogP contribution in [0.15, 0.2) is 78.9 Å². The van der Waals surface area contributed by atoms with E-state index >= 15 is 0 Å². The topological polar surface area (TPSA) is 38.8 Å². The molecule has 0 spiro atoms. The second kappa shape index (κ2) is 7.76. The molecule has 1 fully saturated rings. The zero-order valence-electron chi connectivity index (χ0n) is 14.9. The van der Waals surface area contributed by atoms with Crippen molar-refractivity contribution in [2.24, 2.45) is 0 Å². The minimum absolute atomic E-state index is 0.0785. The molecule has 3 aromatic carbocycles. The predicted octanol–water partition coefficient (Wildman–Crippen LogP) is 5.27. The number of hydrogen-bond acceptors (Lipinski definition) is 4. The first-order valence-electron chi connectivity index (χ1n) is 8.65. The summed E-state index contributed by atoms with van der Waals surface area (Å²) >= 11 is 1.62. The number of carbonyl (C=O) groups is 1. The van der Waals surface area contributed by atoms with Gasteiger partial charge < -0.3 is 9.47 Å². The first kappa shape index (κ1) is 17.5. The number of amides is 1. The molecule has 1 saturated heterocycles. The first-order valence-corrected chi connectivity index (χ1v) is 9.70. The zero-order chi connectivity index (χ0) is 18.6. The monoisotopic (exact) mass is 377 g/mol. The van der Waals surface area contributed by atoms with E-state index in [1.807, 2.05) is 83.8 Å². The van der Waals surface area contributed by atoms with E-state index in [1.165, 1.54) is 0 Å². The molecule has 136 valence electrons. The SMILES string of the molecule is COc1ccc(N2C(=O)CS[C@@H]2c2cccc(Oc3ccccc3)c2)cc1. The second-order valence-electron chi connectivity index (χ2n) is 6.11. The van der Waals surface area contributed by atoms with Crippen LogP contribution in [0.25, 0.3) is 0 Å². The van der Waals surface area contributed by atoms with Gasteiger partial charge in [0.05, 0.1) is 12.9 Å². The van der Waals surface area contributed by atoms with Crippen molar-refractivity contribution < 1.29 is 14.3 Å². The van der Waals surface area contributed by atoms with Crippen molar-refractivity contribution >= 4 is 23.4 Å². The lowest BCUT2D eigenvalue weighted by Crippen LogP contribution is -2.27. The molecule has 0 unspecified atom stereocenters. The molecule has 1 atom stereocenters. The molecule has 0 aliphatic carbocycles. The molecule has 4 rings (SSSR count). The molecule has 1 amide bonds. The Balaban J connectivity index is 1.61. The van der Waals surface area contributed by atoms with Gasteiger partial charge >= 0.3 is 0 Å². The molecular weight excluding hydrogens is 358 g/mol. The largest absolute Gasteiger partial charge is 0.497 e. The quantitative estimate of drug-likeness (QED) is 0.607. The first-order chi connectivity index (χ1) is 13.2. The van der Waals surface area contributed by atoms with E-state index in [-0.39, 0.29) is 11.3 Å². The normalized spacial score (nSPS) is 16.4. The van der Waals surface area contributed by atoms with E-state index in [0.717, 1.165) is 28.5 Å². The molecule has 1 aliphatic heterocycles. The van der Waals surface area contributed by atoms with Crippen LogP contribution < -0.4 is 14.4 Å². The minimum atomic E-state index is -0.0785. The molecule has 0 radical (unpaired) electrons. The van der Waals surface area contributed by atoms with E-state index in [1.54, 1.807) is 18.9 Å². The van der Waals surface area contributed by atoms with Crippen molar-refractivity contribution in [3.8, 4) is 17.2 Å². The van der Waals surface area contributed by atoms with Gasteiger partial charge in [0.2, 0.25) is 5.91 Å².